The van der Waals surface area contributed by atoms with E-state index in [1.165, 1.54) is 27.8 Å². The van der Waals surface area contributed by atoms with Gasteiger partial charge in [0.1, 0.15) is 5.70 Å². The summed E-state index contributed by atoms with van der Waals surface area (Å²) in [6.07, 6.45) is 3.93. The minimum atomic E-state index is -0.451. The lowest BCUT2D eigenvalue weighted by Crippen LogP contribution is -2.32. The van der Waals surface area contributed by atoms with E-state index < -0.39 is 5.97 Å². The first-order valence-corrected chi connectivity index (χ1v) is 8.71. The number of amides is 1. The van der Waals surface area contributed by atoms with Gasteiger partial charge in [-0.3, -0.25) is 9.69 Å². The number of hydrogen-bond acceptors (Lipinski definition) is 4. The fraction of sp³-hybridized carbons (Fsp3) is 0.333. The Morgan fingerprint density at radius 1 is 1.26 bits per heavy atom. The highest BCUT2D eigenvalue weighted by molar-refractivity contribution is 8.05. The van der Waals surface area contributed by atoms with Crippen LogP contribution in [0.4, 0.5) is 0 Å². The molecule has 5 heteroatoms. The van der Waals surface area contributed by atoms with E-state index in [4.69, 9.17) is 4.74 Å². The minimum absolute atomic E-state index is 0.0568. The number of carbonyl (C=O) groups excluding carboxylic acids is 2. The van der Waals surface area contributed by atoms with Crippen LogP contribution in [0, 0.1) is 5.92 Å². The van der Waals surface area contributed by atoms with E-state index in [1.807, 2.05) is 12.1 Å². The standard InChI is InChI=1S/C18H19NO3S/c1-2-22-18(21)16-12-23-8-7-19(16)17(20)11-13-9-14-5-3-4-6-15(14)10-13/h3-8,12-13H,2,9-11H2,1H3. The first-order chi connectivity index (χ1) is 11.2. The van der Waals surface area contributed by atoms with Gasteiger partial charge in [0.15, 0.2) is 0 Å². The van der Waals surface area contributed by atoms with Crippen LogP contribution in [0.15, 0.2) is 47.0 Å². The molecule has 0 N–H and O–H groups in total. The molecule has 4 nitrogen and oxygen atoms in total. The lowest BCUT2D eigenvalue weighted by Gasteiger charge is -2.23. The highest BCUT2D eigenvalue weighted by Crippen LogP contribution is 2.30. The second-order valence-corrected chi connectivity index (χ2v) is 6.44. The predicted octanol–water partition coefficient (Wildman–Crippen LogP) is 3.24. The Hall–Kier alpha value is -2.01. The van der Waals surface area contributed by atoms with Crippen LogP contribution in [0.2, 0.25) is 0 Å². The third kappa shape index (κ3) is 3.50. The third-order valence-electron chi connectivity index (χ3n) is 4.08. The maximum absolute atomic E-state index is 12.6. The number of carbonyl (C=O) groups is 2. The van der Waals surface area contributed by atoms with Crippen molar-refractivity contribution < 1.29 is 14.3 Å². The Labute approximate surface area is 140 Å². The van der Waals surface area contributed by atoms with Crippen molar-refractivity contribution in [2.45, 2.75) is 26.2 Å². The molecule has 0 radical (unpaired) electrons. The van der Waals surface area contributed by atoms with Gasteiger partial charge < -0.3 is 4.74 Å². The molecule has 1 heterocycles. The number of esters is 1. The van der Waals surface area contributed by atoms with E-state index in [1.54, 1.807) is 23.9 Å². The summed E-state index contributed by atoms with van der Waals surface area (Å²) in [4.78, 5) is 26.1. The van der Waals surface area contributed by atoms with Crippen molar-refractivity contribution >= 4 is 23.6 Å². The molecule has 3 rings (SSSR count). The molecule has 0 saturated carbocycles. The molecule has 1 amide bonds. The quantitative estimate of drug-likeness (QED) is 0.796. The average molecular weight is 329 g/mol. The number of hydrogen-bond donors (Lipinski definition) is 0. The zero-order chi connectivity index (χ0) is 16.2. The zero-order valence-corrected chi connectivity index (χ0v) is 13.8. The van der Waals surface area contributed by atoms with Gasteiger partial charge in [-0.2, -0.15) is 0 Å². The van der Waals surface area contributed by atoms with Gasteiger partial charge in [0.2, 0.25) is 5.91 Å². The molecule has 120 valence electrons. The van der Waals surface area contributed by atoms with Gasteiger partial charge >= 0.3 is 5.97 Å². The van der Waals surface area contributed by atoms with Crippen molar-refractivity contribution in [1.29, 1.82) is 0 Å². The summed E-state index contributed by atoms with van der Waals surface area (Å²) in [6.45, 7) is 2.05. The first kappa shape index (κ1) is 15.9. The molecule has 1 aromatic rings. The Morgan fingerprint density at radius 3 is 2.61 bits per heavy atom. The van der Waals surface area contributed by atoms with Crippen molar-refractivity contribution in [2.75, 3.05) is 6.61 Å². The molecule has 0 fully saturated rings. The summed E-state index contributed by atoms with van der Waals surface area (Å²) >= 11 is 1.37. The molecule has 0 atom stereocenters. The second kappa shape index (κ2) is 7.04. The summed E-state index contributed by atoms with van der Waals surface area (Å²) in [5, 5.41) is 3.46. The number of ether oxygens (including phenoxy) is 1. The van der Waals surface area contributed by atoms with E-state index in [0.717, 1.165) is 12.8 Å². The van der Waals surface area contributed by atoms with Crippen LogP contribution in [0.5, 0.6) is 0 Å². The molecular weight excluding hydrogens is 310 g/mol. The summed E-state index contributed by atoms with van der Waals surface area (Å²) < 4.78 is 5.03. The molecule has 0 aromatic heterocycles. The molecule has 1 aliphatic heterocycles. The monoisotopic (exact) mass is 329 g/mol. The normalized spacial score (nSPS) is 16.9. The van der Waals surface area contributed by atoms with E-state index in [-0.39, 0.29) is 5.91 Å². The Bertz CT molecular complexity index is 656. The highest BCUT2D eigenvalue weighted by Gasteiger charge is 2.29. The maximum Gasteiger partial charge on any atom is 0.355 e. The zero-order valence-electron chi connectivity index (χ0n) is 13.0. The molecule has 23 heavy (non-hydrogen) atoms. The van der Waals surface area contributed by atoms with Crippen LogP contribution < -0.4 is 0 Å². The Balaban J connectivity index is 1.66. The van der Waals surface area contributed by atoms with Crippen molar-refractivity contribution in [3.05, 3.63) is 58.1 Å². The highest BCUT2D eigenvalue weighted by atomic mass is 32.2. The van der Waals surface area contributed by atoms with Crippen LogP contribution >= 0.6 is 11.8 Å². The molecule has 1 aromatic carbocycles. The summed E-state index contributed by atoms with van der Waals surface area (Å²) in [7, 11) is 0. The van der Waals surface area contributed by atoms with Gasteiger partial charge in [0.05, 0.1) is 6.61 Å². The van der Waals surface area contributed by atoms with Crippen LogP contribution in [0.1, 0.15) is 24.5 Å². The van der Waals surface area contributed by atoms with Gasteiger partial charge in [-0.05, 0) is 42.2 Å². The third-order valence-corrected chi connectivity index (χ3v) is 4.72. The lowest BCUT2D eigenvalue weighted by atomic mass is 10.0. The van der Waals surface area contributed by atoms with Crippen LogP contribution in [0.3, 0.4) is 0 Å². The van der Waals surface area contributed by atoms with Gasteiger partial charge in [0, 0.05) is 18.0 Å². The van der Waals surface area contributed by atoms with Gasteiger partial charge in [-0.1, -0.05) is 24.3 Å². The summed E-state index contributed by atoms with van der Waals surface area (Å²) in [5.74, 6) is -0.211. The predicted molar refractivity (Wildman–Crippen MR) is 90.3 cm³/mol. The topological polar surface area (TPSA) is 46.6 Å². The lowest BCUT2D eigenvalue weighted by molar-refractivity contribution is -0.143. The van der Waals surface area contributed by atoms with E-state index in [9.17, 15) is 9.59 Å². The molecule has 0 saturated heterocycles. The molecule has 2 aliphatic rings. The fourth-order valence-corrected chi connectivity index (χ4v) is 3.65. The van der Waals surface area contributed by atoms with Gasteiger partial charge in [-0.15, -0.1) is 11.8 Å². The Morgan fingerprint density at radius 2 is 1.96 bits per heavy atom. The molecule has 0 unspecified atom stereocenters. The van der Waals surface area contributed by atoms with E-state index in [0.29, 0.717) is 24.6 Å². The van der Waals surface area contributed by atoms with Gasteiger partial charge in [0.25, 0.3) is 0 Å². The number of rotatable bonds is 4. The largest absolute Gasteiger partial charge is 0.461 e. The number of thioether (sulfide) groups is 1. The number of nitrogens with zero attached hydrogens (tertiary/aromatic N) is 1. The molecular formula is C18H19NO3S. The van der Waals surface area contributed by atoms with Crippen molar-refractivity contribution in [3.63, 3.8) is 0 Å². The first-order valence-electron chi connectivity index (χ1n) is 7.77. The summed E-state index contributed by atoms with van der Waals surface area (Å²) in [5.41, 5.74) is 2.97. The second-order valence-electron chi connectivity index (χ2n) is 5.66. The molecule has 1 aliphatic carbocycles. The van der Waals surface area contributed by atoms with Crippen LogP contribution in [-0.4, -0.2) is 23.4 Å². The maximum atomic E-state index is 12.6. The van der Waals surface area contributed by atoms with Crippen molar-refractivity contribution in [2.24, 2.45) is 5.92 Å². The number of fused-ring (bicyclic) bond motifs is 1. The smallest absolute Gasteiger partial charge is 0.355 e. The fourth-order valence-electron chi connectivity index (χ4n) is 3.05. The molecule has 0 bridgehead atoms. The summed E-state index contributed by atoms with van der Waals surface area (Å²) in [6, 6.07) is 8.33. The van der Waals surface area contributed by atoms with Gasteiger partial charge in [-0.25, -0.2) is 4.79 Å². The van der Waals surface area contributed by atoms with Crippen molar-refractivity contribution in [3.8, 4) is 0 Å². The van der Waals surface area contributed by atoms with Crippen molar-refractivity contribution in [1.82, 2.24) is 4.90 Å². The van der Waals surface area contributed by atoms with E-state index in [2.05, 4.69) is 12.1 Å². The molecule has 0 spiro atoms. The van der Waals surface area contributed by atoms with Crippen LogP contribution in [-0.2, 0) is 27.2 Å². The SMILES string of the molecule is CCOC(=O)C1=CSC=CN1C(=O)CC1Cc2ccccc2C1. The average Bonchev–Trinajstić information content (AvgIpc) is 2.97. The number of benzene rings is 1. The van der Waals surface area contributed by atoms with E-state index >= 15 is 0 Å². The Kier molecular flexibility index (Phi) is 4.86. The van der Waals surface area contributed by atoms with Crippen LogP contribution in [0.25, 0.3) is 0 Å². The minimum Gasteiger partial charge on any atom is -0.461 e.